The maximum Gasteiger partial charge on any atom is 0.332 e. The summed E-state index contributed by atoms with van der Waals surface area (Å²) in [4.78, 5) is 8.26. The fourth-order valence-corrected chi connectivity index (χ4v) is 2.30. The Hall–Kier alpha value is -0.920. The number of quaternary nitrogens is 1. The van der Waals surface area contributed by atoms with Crippen molar-refractivity contribution in [1.82, 2.24) is 0 Å². The number of carbonyl (C=O) groups is 1. The van der Waals surface area contributed by atoms with E-state index in [1.807, 2.05) is 0 Å². The number of likely N-dealkylation sites (N-methyl/N-ethyl adjacent to an activating group) is 1. The Morgan fingerprint density at radius 3 is 1.86 bits per heavy atom. The summed E-state index contributed by atoms with van der Waals surface area (Å²) in [5.74, 6) is -1.91. The van der Waals surface area contributed by atoms with Gasteiger partial charge in [-0.2, -0.15) is 8.42 Å². The summed E-state index contributed by atoms with van der Waals surface area (Å²) < 4.78 is 30.4. The van der Waals surface area contributed by atoms with Crippen LogP contribution in [0.4, 0.5) is 0 Å². The predicted octanol–water partition coefficient (Wildman–Crippen LogP) is -1.79. The summed E-state index contributed by atoms with van der Waals surface area (Å²) in [5, 5.41) is 10.8. The molecule has 0 radical (unpaired) electrons. The molecule has 0 saturated heterocycles. The minimum Gasteiger partial charge on any atom is -0.543 e. The van der Waals surface area contributed by atoms with Gasteiger partial charge in [-0.1, -0.05) is 6.58 Å². The van der Waals surface area contributed by atoms with E-state index >= 15 is 0 Å². The summed E-state index contributed by atoms with van der Waals surface area (Å²) in [6.45, 7) is 3.11. The van der Waals surface area contributed by atoms with Gasteiger partial charge < -0.3 is 14.4 Å². The molecular weight excluding hydrogens is 210 g/mol. The zero-order valence-electron chi connectivity index (χ0n) is 8.22. The van der Waals surface area contributed by atoms with Crippen molar-refractivity contribution in [2.24, 2.45) is 0 Å². The Bertz CT molecular complexity index is 353. The quantitative estimate of drug-likeness (QED) is 0.345. The Morgan fingerprint density at radius 1 is 1.50 bits per heavy atom. The van der Waals surface area contributed by atoms with Crippen LogP contribution in [0, 0.1) is 0 Å². The highest BCUT2D eigenvalue weighted by Gasteiger charge is 2.54. The van der Waals surface area contributed by atoms with Crippen LogP contribution in [0.15, 0.2) is 12.7 Å². The first-order valence-corrected chi connectivity index (χ1v) is 5.08. The van der Waals surface area contributed by atoms with Gasteiger partial charge in [0.25, 0.3) is 4.87 Å². The van der Waals surface area contributed by atoms with Crippen molar-refractivity contribution in [2.75, 3.05) is 21.1 Å². The monoisotopic (exact) mass is 223 g/mol. The third-order valence-corrected chi connectivity index (χ3v) is 3.63. The predicted molar refractivity (Wildman–Crippen MR) is 47.5 cm³/mol. The highest BCUT2D eigenvalue weighted by Crippen LogP contribution is 2.25. The normalized spacial score (nSPS) is 17.1. The molecule has 0 aromatic heterocycles. The van der Waals surface area contributed by atoms with Crippen LogP contribution in [0.5, 0.6) is 0 Å². The molecule has 0 aliphatic carbocycles. The first kappa shape index (κ1) is 13.1. The average Bonchev–Trinajstić information content (AvgIpc) is 1.80. The molecule has 6 nitrogen and oxygen atoms in total. The van der Waals surface area contributed by atoms with E-state index in [9.17, 15) is 18.3 Å². The number of hydrogen-bond acceptors (Lipinski definition) is 4. The van der Waals surface area contributed by atoms with Crippen LogP contribution in [0.1, 0.15) is 0 Å². The third-order valence-electron chi connectivity index (χ3n) is 1.96. The van der Waals surface area contributed by atoms with E-state index in [0.29, 0.717) is 6.08 Å². The largest absolute Gasteiger partial charge is 0.543 e. The van der Waals surface area contributed by atoms with Gasteiger partial charge in [-0.3, -0.25) is 4.55 Å². The van der Waals surface area contributed by atoms with Crippen molar-refractivity contribution in [3.05, 3.63) is 12.7 Å². The van der Waals surface area contributed by atoms with Gasteiger partial charge in [0.1, 0.15) is 5.97 Å². The molecule has 0 saturated carbocycles. The summed E-state index contributed by atoms with van der Waals surface area (Å²) in [7, 11) is -0.951. The van der Waals surface area contributed by atoms with Gasteiger partial charge in [-0.25, -0.2) is 0 Å². The summed E-state index contributed by atoms with van der Waals surface area (Å²) in [6, 6.07) is 0. The zero-order chi connectivity index (χ0) is 11.8. The van der Waals surface area contributed by atoms with E-state index in [1.165, 1.54) is 21.1 Å². The third kappa shape index (κ3) is 1.66. The number of nitrogens with zero attached hydrogens (tertiary/aromatic N) is 1. The van der Waals surface area contributed by atoms with Crippen molar-refractivity contribution < 1.29 is 27.4 Å². The van der Waals surface area contributed by atoms with Gasteiger partial charge >= 0.3 is 10.1 Å². The molecule has 0 aliphatic heterocycles. The van der Waals surface area contributed by atoms with Crippen LogP contribution < -0.4 is 5.11 Å². The lowest BCUT2D eigenvalue weighted by atomic mass is 10.2. The van der Waals surface area contributed by atoms with E-state index in [0.717, 1.165) is 0 Å². The molecular formula is C7H13NO5S. The molecule has 82 valence electrons. The fourth-order valence-electron chi connectivity index (χ4n) is 1.19. The Balaban J connectivity index is 5.98. The van der Waals surface area contributed by atoms with Crippen LogP contribution in [-0.4, -0.2) is 49.4 Å². The van der Waals surface area contributed by atoms with Crippen LogP contribution >= 0.6 is 0 Å². The molecule has 0 aromatic carbocycles. The van der Waals surface area contributed by atoms with E-state index < -0.39 is 25.4 Å². The second-order valence-corrected chi connectivity index (χ2v) is 5.25. The number of hydrogen-bond donors (Lipinski definition) is 1. The molecule has 0 fully saturated rings. The van der Waals surface area contributed by atoms with E-state index in [1.54, 1.807) is 0 Å². The zero-order valence-corrected chi connectivity index (χ0v) is 9.04. The minimum absolute atomic E-state index is 0.572. The maximum atomic E-state index is 11.0. The van der Waals surface area contributed by atoms with Gasteiger partial charge in [0.2, 0.25) is 0 Å². The lowest BCUT2D eigenvalue weighted by molar-refractivity contribution is -0.893. The van der Waals surface area contributed by atoms with Gasteiger partial charge in [-0.05, 0) is 6.08 Å². The molecule has 0 bridgehead atoms. The highest BCUT2D eigenvalue weighted by molar-refractivity contribution is 7.88. The molecule has 7 heteroatoms. The van der Waals surface area contributed by atoms with Gasteiger partial charge in [-0.15, -0.1) is 0 Å². The van der Waals surface area contributed by atoms with Gasteiger partial charge in [0.15, 0.2) is 0 Å². The fraction of sp³-hybridized carbons (Fsp3) is 0.571. The second kappa shape index (κ2) is 3.34. The Kier molecular flexibility index (Phi) is 3.12. The topological polar surface area (TPSA) is 94.5 Å². The Morgan fingerprint density at radius 2 is 1.86 bits per heavy atom. The highest BCUT2D eigenvalue weighted by atomic mass is 32.2. The minimum atomic E-state index is -4.84. The van der Waals surface area contributed by atoms with E-state index in [-0.39, 0.29) is 0 Å². The molecule has 0 rings (SSSR count). The van der Waals surface area contributed by atoms with Crippen LogP contribution in [0.25, 0.3) is 0 Å². The SMILES string of the molecule is C=CC(C(=O)[O-])([N+](C)(C)C)S(=O)(=O)O. The summed E-state index contributed by atoms with van der Waals surface area (Å²) >= 11 is 0. The molecule has 0 aliphatic rings. The number of carbonyl (C=O) groups excluding carboxylic acids is 1. The van der Waals surface area contributed by atoms with Crippen LogP contribution in [-0.2, 0) is 14.9 Å². The molecule has 0 spiro atoms. The standard InChI is InChI=1S/C7H13NO5S/c1-5-7(6(9)10,8(2,3)4)14(11,12)13/h5H,1H2,2-4H3,(H-,9,10,11,12,13). The number of rotatable bonds is 4. The molecule has 1 unspecified atom stereocenters. The van der Waals surface area contributed by atoms with Crippen molar-refractivity contribution in [2.45, 2.75) is 4.87 Å². The van der Waals surface area contributed by atoms with Crippen LogP contribution in [0.2, 0.25) is 0 Å². The second-order valence-electron chi connectivity index (χ2n) is 3.68. The van der Waals surface area contributed by atoms with Crippen molar-refractivity contribution in [3.8, 4) is 0 Å². The molecule has 0 heterocycles. The first-order chi connectivity index (χ1) is 6.00. The van der Waals surface area contributed by atoms with Gasteiger partial charge in [0, 0.05) is 0 Å². The lowest BCUT2D eigenvalue weighted by Gasteiger charge is -2.41. The number of aliphatic carboxylic acids is 1. The Labute approximate surface area is 82.8 Å². The van der Waals surface area contributed by atoms with Crippen LogP contribution in [0.3, 0.4) is 0 Å². The smallest absolute Gasteiger partial charge is 0.332 e. The lowest BCUT2D eigenvalue weighted by Crippen LogP contribution is -2.68. The molecule has 0 aromatic rings. The summed E-state index contributed by atoms with van der Waals surface area (Å²) in [5.41, 5.74) is 0. The average molecular weight is 223 g/mol. The van der Waals surface area contributed by atoms with Crippen molar-refractivity contribution >= 4 is 16.1 Å². The number of carboxylic acids is 1. The molecule has 14 heavy (non-hydrogen) atoms. The molecule has 1 atom stereocenters. The molecule has 0 amide bonds. The number of carboxylic acid groups (broad SMARTS) is 1. The first-order valence-electron chi connectivity index (χ1n) is 3.64. The van der Waals surface area contributed by atoms with Crippen molar-refractivity contribution in [1.29, 1.82) is 0 Å². The molecule has 1 N–H and O–H groups in total. The van der Waals surface area contributed by atoms with E-state index in [2.05, 4.69) is 6.58 Å². The summed E-state index contributed by atoms with van der Waals surface area (Å²) in [6.07, 6.45) is 0.650. The van der Waals surface area contributed by atoms with Gasteiger partial charge in [0.05, 0.1) is 21.1 Å². The van der Waals surface area contributed by atoms with E-state index in [4.69, 9.17) is 4.55 Å². The maximum absolute atomic E-state index is 11.0. The van der Waals surface area contributed by atoms with Crippen molar-refractivity contribution in [3.63, 3.8) is 0 Å².